The molecule has 0 saturated heterocycles. The lowest BCUT2D eigenvalue weighted by Gasteiger charge is -2.15. The Morgan fingerprint density at radius 2 is 2.00 bits per heavy atom. The number of para-hydroxylation sites is 1. The van der Waals surface area contributed by atoms with Gasteiger partial charge in [-0.25, -0.2) is 0 Å². The van der Waals surface area contributed by atoms with Gasteiger partial charge in [0.1, 0.15) is 5.75 Å². The predicted molar refractivity (Wildman–Crippen MR) is 80.0 cm³/mol. The molecule has 0 amide bonds. The van der Waals surface area contributed by atoms with Crippen molar-refractivity contribution in [3.05, 3.63) is 28.8 Å². The van der Waals surface area contributed by atoms with Gasteiger partial charge in [0.15, 0.2) is 0 Å². The number of hydrogen-bond donors (Lipinski definition) is 1. The molecule has 4 heteroatoms. The monoisotopic (exact) mass is 285 g/mol. The largest absolute Gasteiger partial charge is 0.492 e. The maximum Gasteiger partial charge on any atom is 0.141 e. The van der Waals surface area contributed by atoms with Gasteiger partial charge in [-0.1, -0.05) is 30.7 Å². The summed E-state index contributed by atoms with van der Waals surface area (Å²) in [6.45, 7) is 3.50. The minimum Gasteiger partial charge on any atom is -0.492 e. The first-order valence-electron chi connectivity index (χ1n) is 6.83. The van der Waals surface area contributed by atoms with Crippen LogP contribution in [0.5, 0.6) is 5.75 Å². The van der Waals surface area contributed by atoms with Crippen LogP contribution in [0.1, 0.15) is 31.7 Å². The fourth-order valence-electron chi connectivity index (χ4n) is 1.83. The lowest BCUT2D eigenvalue weighted by molar-refractivity contribution is 0.184. The minimum absolute atomic E-state index is 0.148. The van der Waals surface area contributed by atoms with Gasteiger partial charge in [0.25, 0.3) is 0 Å². The topological polar surface area (TPSA) is 44.5 Å². The van der Waals surface area contributed by atoms with E-state index in [1.54, 1.807) is 7.11 Å². The third-order valence-electron chi connectivity index (χ3n) is 3.04. The first kappa shape index (κ1) is 16.3. The number of ether oxygens (including phenoxy) is 2. The lowest BCUT2D eigenvalue weighted by atomic mass is 10.0. The molecule has 3 nitrogen and oxygen atoms in total. The summed E-state index contributed by atoms with van der Waals surface area (Å²) in [5, 5.41) is 0.660. The standard InChI is InChI=1S/C15H24ClNO2/c1-3-13(17)11-12-7-6-8-14(16)15(12)19-10-5-4-9-18-2/h6-8,13H,3-5,9-11,17H2,1-2H3. The zero-order valence-electron chi connectivity index (χ0n) is 11.8. The summed E-state index contributed by atoms with van der Waals surface area (Å²) in [7, 11) is 1.71. The summed E-state index contributed by atoms with van der Waals surface area (Å²) in [6.07, 6.45) is 3.69. The first-order valence-corrected chi connectivity index (χ1v) is 7.21. The van der Waals surface area contributed by atoms with Gasteiger partial charge in [0, 0.05) is 19.8 Å². The molecule has 2 N–H and O–H groups in total. The van der Waals surface area contributed by atoms with Crippen LogP contribution in [0, 0.1) is 0 Å². The van der Waals surface area contributed by atoms with Gasteiger partial charge in [-0.15, -0.1) is 0 Å². The Bertz CT molecular complexity index is 371. The van der Waals surface area contributed by atoms with Crippen molar-refractivity contribution in [2.75, 3.05) is 20.3 Å². The summed E-state index contributed by atoms with van der Waals surface area (Å²) in [5.74, 6) is 0.783. The van der Waals surface area contributed by atoms with Gasteiger partial charge in [0.2, 0.25) is 0 Å². The average Bonchev–Trinajstić information content (AvgIpc) is 2.41. The van der Waals surface area contributed by atoms with Crippen molar-refractivity contribution in [2.24, 2.45) is 5.73 Å². The summed E-state index contributed by atoms with van der Waals surface area (Å²) in [6, 6.07) is 5.98. The van der Waals surface area contributed by atoms with Crippen molar-refractivity contribution in [2.45, 2.75) is 38.6 Å². The number of unbranched alkanes of at least 4 members (excludes halogenated alkanes) is 1. The Hall–Kier alpha value is -0.770. The quantitative estimate of drug-likeness (QED) is 0.707. The zero-order valence-corrected chi connectivity index (χ0v) is 12.6. The summed E-state index contributed by atoms with van der Waals surface area (Å²) in [4.78, 5) is 0. The second-order valence-corrected chi connectivity index (χ2v) is 5.06. The second-order valence-electron chi connectivity index (χ2n) is 4.65. The van der Waals surface area contributed by atoms with Crippen molar-refractivity contribution >= 4 is 11.6 Å². The Balaban J connectivity index is 2.59. The molecule has 0 fully saturated rings. The van der Waals surface area contributed by atoms with Crippen LogP contribution in [-0.4, -0.2) is 26.4 Å². The van der Waals surface area contributed by atoms with Gasteiger partial charge in [-0.3, -0.25) is 0 Å². The summed E-state index contributed by atoms with van der Waals surface area (Å²) in [5.41, 5.74) is 7.09. The molecular weight excluding hydrogens is 262 g/mol. The van der Waals surface area contributed by atoms with Crippen molar-refractivity contribution < 1.29 is 9.47 Å². The normalized spacial score (nSPS) is 12.4. The van der Waals surface area contributed by atoms with E-state index in [1.165, 1.54) is 0 Å². The molecule has 0 bridgehead atoms. The van der Waals surface area contributed by atoms with E-state index in [1.807, 2.05) is 18.2 Å². The molecule has 0 saturated carbocycles. The van der Waals surface area contributed by atoms with Crippen LogP contribution in [0.2, 0.25) is 5.02 Å². The van der Waals surface area contributed by atoms with E-state index in [2.05, 4.69) is 6.92 Å². The summed E-state index contributed by atoms with van der Waals surface area (Å²) < 4.78 is 10.8. The number of methoxy groups -OCH3 is 1. The van der Waals surface area contributed by atoms with Crippen LogP contribution in [0.15, 0.2) is 18.2 Å². The van der Waals surface area contributed by atoms with E-state index in [0.29, 0.717) is 11.6 Å². The highest BCUT2D eigenvalue weighted by molar-refractivity contribution is 6.32. The van der Waals surface area contributed by atoms with Gasteiger partial charge in [0.05, 0.1) is 11.6 Å². The summed E-state index contributed by atoms with van der Waals surface area (Å²) >= 11 is 6.21. The predicted octanol–water partition coefficient (Wildman–Crippen LogP) is 3.43. The molecule has 108 valence electrons. The van der Waals surface area contributed by atoms with Crippen LogP contribution in [0.25, 0.3) is 0 Å². The van der Waals surface area contributed by atoms with E-state index in [-0.39, 0.29) is 6.04 Å². The molecule has 19 heavy (non-hydrogen) atoms. The molecule has 0 radical (unpaired) electrons. The van der Waals surface area contributed by atoms with Crippen LogP contribution in [0.3, 0.4) is 0 Å². The van der Waals surface area contributed by atoms with Crippen molar-refractivity contribution in [3.8, 4) is 5.75 Å². The van der Waals surface area contributed by atoms with Crippen LogP contribution < -0.4 is 10.5 Å². The fourth-order valence-corrected chi connectivity index (χ4v) is 2.07. The van der Waals surface area contributed by atoms with E-state index in [0.717, 1.165) is 43.6 Å². The molecule has 0 aromatic heterocycles. The van der Waals surface area contributed by atoms with E-state index in [9.17, 15) is 0 Å². The highest BCUT2D eigenvalue weighted by atomic mass is 35.5. The molecule has 1 aromatic rings. The van der Waals surface area contributed by atoms with E-state index in [4.69, 9.17) is 26.8 Å². The van der Waals surface area contributed by atoms with E-state index < -0.39 is 0 Å². The van der Waals surface area contributed by atoms with Crippen LogP contribution in [0.4, 0.5) is 0 Å². The first-order chi connectivity index (χ1) is 9.19. The van der Waals surface area contributed by atoms with Crippen molar-refractivity contribution in [1.82, 2.24) is 0 Å². The average molecular weight is 286 g/mol. The SMILES string of the molecule is CCC(N)Cc1cccc(Cl)c1OCCCCOC. The Morgan fingerprint density at radius 1 is 1.26 bits per heavy atom. The highest BCUT2D eigenvalue weighted by Crippen LogP contribution is 2.29. The number of rotatable bonds is 9. The van der Waals surface area contributed by atoms with Crippen LogP contribution in [-0.2, 0) is 11.2 Å². The molecule has 0 heterocycles. The molecule has 1 aromatic carbocycles. The third-order valence-corrected chi connectivity index (χ3v) is 3.34. The van der Waals surface area contributed by atoms with Gasteiger partial charge in [-0.2, -0.15) is 0 Å². The molecule has 1 rings (SSSR count). The molecule has 1 unspecified atom stereocenters. The Kier molecular flexibility index (Phi) is 7.87. The molecule has 0 aliphatic rings. The highest BCUT2D eigenvalue weighted by Gasteiger charge is 2.11. The minimum atomic E-state index is 0.148. The van der Waals surface area contributed by atoms with Gasteiger partial charge >= 0.3 is 0 Å². The second kappa shape index (κ2) is 9.18. The zero-order chi connectivity index (χ0) is 14.1. The lowest BCUT2D eigenvalue weighted by Crippen LogP contribution is -2.21. The number of halogens is 1. The number of hydrogen-bond acceptors (Lipinski definition) is 3. The van der Waals surface area contributed by atoms with Gasteiger partial charge in [-0.05, 0) is 37.3 Å². The number of nitrogens with two attached hydrogens (primary N) is 1. The third kappa shape index (κ3) is 5.81. The smallest absolute Gasteiger partial charge is 0.141 e. The maximum absolute atomic E-state index is 6.21. The molecule has 0 aliphatic carbocycles. The van der Waals surface area contributed by atoms with Crippen molar-refractivity contribution in [1.29, 1.82) is 0 Å². The van der Waals surface area contributed by atoms with E-state index >= 15 is 0 Å². The van der Waals surface area contributed by atoms with Crippen LogP contribution >= 0.6 is 11.6 Å². The van der Waals surface area contributed by atoms with Crippen molar-refractivity contribution in [3.63, 3.8) is 0 Å². The molecular formula is C15H24ClNO2. The molecule has 1 atom stereocenters. The maximum atomic E-state index is 6.21. The molecule has 0 aliphatic heterocycles. The molecule has 0 spiro atoms. The Morgan fingerprint density at radius 3 is 2.68 bits per heavy atom. The Labute approximate surface area is 121 Å². The fraction of sp³-hybridized carbons (Fsp3) is 0.600. The number of benzene rings is 1. The van der Waals surface area contributed by atoms with Gasteiger partial charge < -0.3 is 15.2 Å².